The van der Waals surface area contributed by atoms with Crippen molar-refractivity contribution in [1.29, 1.82) is 0 Å². The highest BCUT2D eigenvalue weighted by atomic mass is 16.5. The molecule has 1 saturated heterocycles. The Hall–Kier alpha value is -0.0800. The van der Waals surface area contributed by atoms with Gasteiger partial charge in [-0.25, -0.2) is 0 Å². The molecule has 1 fully saturated rings. The Morgan fingerprint density at radius 2 is 1.85 bits per heavy atom. The van der Waals surface area contributed by atoms with Crippen LogP contribution >= 0.6 is 0 Å². The van der Waals surface area contributed by atoms with Crippen LogP contribution in [0.5, 0.6) is 0 Å². The number of hydrogen-bond donors (Lipinski definition) is 0. The fourth-order valence-electron chi connectivity index (χ4n) is 1.68. The van der Waals surface area contributed by atoms with Gasteiger partial charge in [0.1, 0.15) is 13.5 Å². The molecule has 1 rings (SSSR count). The van der Waals surface area contributed by atoms with E-state index in [0.29, 0.717) is 0 Å². The molecule has 1 aliphatic rings. The van der Waals surface area contributed by atoms with Crippen molar-refractivity contribution in [3.05, 3.63) is 0 Å². The van der Waals surface area contributed by atoms with Crippen LogP contribution < -0.4 is 0 Å². The van der Waals surface area contributed by atoms with E-state index in [1.54, 1.807) is 0 Å². The van der Waals surface area contributed by atoms with Crippen LogP contribution in [-0.4, -0.2) is 24.4 Å². The van der Waals surface area contributed by atoms with Gasteiger partial charge in [0.25, 0.3) is 0 Å². The topological polar surface area (TPSA) is 12.5 Å². The van der Waals surface area contributed by atoms with Crippen molar-refractivity contribution < 1.29 is 4.74 Å². The number of hydrogen-bond acceptors (Lipinski definition) is 2. The summed E-state index contributed by atoms with van der Waals surface area (Å²) >= 11 is 0. The van der Waals surface area contributed by atoms with Crippen LogP contribution in [0.2, 0.25) is 0 Å². The van der Waals surface area contributed by atoms with Crippen LogP contribution in [0.25, 0.3) is 0 Å². The summed E-state index contributed by atoms with van der Waals surface area (Å²) in [5.74, 6) is 0. The third-order valence-corrected chi connectivity index (χ3v) is 2.86. The number of ether oxygens (including phenoxy) is 1. The van der Waals surface area contributed by atoms with Gasteiger partial charge in [-0.3, -0.25) is 4.90 Å². The smallest absolute Gasteiger partial charge is 0.103 e. The first kappa shape index (κ1) is 11.0. The molecule has 1 atom stereocenters. The van der Waals surface area contributed by atoms with Crippen molar-refractivity contribution in [2.24, 2.45) is 0 Å². The van der Waals surface area contributed by atoms with Crippen molar-refractivity contribution in [2.45, 2.75) is 58.4 Å². The molecule has 0 aromatic carbocycles. The largest absolute Gasteiger partial charge is 0.351 e. The maximum atomic E-state index is 5.13. The first-order chi connectivity index (χ1) is 6.34. The van der Waals surface area contributed by atoms with Gasteiger partial charge >= 0.3 is 0 Å². The lowest BCUT2D eigenvalue weighted by Gasteiger charge is -2.36. The molecule has 1 aliphatic heterocycles. The minimum atomic E-state index is 0.732. The van der Waals surface area contributed by atoms with Gasteiger partial charge in [0.2, 0.25) is 0 Å². The van der Waals surface area contributed by atoms with Gasteiger partial charge in [-0.15, -0.1) is 0 Å². The molecule has 13 heavy (non-hydrogen) atoms. The molecule has 78 valence electrons. The molecule has 0 bridgehead atoms. The molecular formula is C11H23NO. The Labute approximate surface area is 82.3 Å². The molecular weight excluding hydrogens is 162 g/mol. The Morgan fingerprint density at radius 1 is 1.15 bits per heavy atom. The summed E-state index contributed by atoms with van der Waals surface area (Å²) in [6.45, 7) is 6.29. The third kappa shape index (κ3) is 4.10. The molecule has 0 aromatic heterocycles. The van der Waals surface area contributed by atoms with E-state index in [-0.39, 0.29) is 0 Å². The van der Waals surface area contributed by atoms with Crippen molar-refractivity contribution in [2.75, 3.05) is 13.5 Å². The molecule has 0 spiro atoms. The van der Waals surface area contributed by atoms with Crippen LogP contribution in [-0.2, 0) is 4.74 Å². The Balaban J connectivity index is 1.86. The molecule has 0 aliphatic carbocycles. The lowest BCUT2D eigenvalue weighted by molar-refractivity contribution is -0.163. The highest BCUT2D eigenvalue weighted by molar-refractivity contribution is 4.65. The summed E-state index contributed by atoms with van der Waals surface area (Å²) in [7, 11) is 0. The predicted octanol–water partition coefficient (Wildman–Crippen LogP) is 2.98. The maximum absolute atomic E-state index is 5.13. The fourth-order valence-corrected chi connectivity index (χ4v) is 1.68. The fraction of sp³-hybridized carbons (Fsp3) is 1.00. The molecule has 2 nitrogen and oxygen atoms in total. The first-order valence-corrected chi connectivity index (χ1v) is 5.66. The van der Waals surface area contributed by atoms with Gasteiger partial charge < -0.3 is 4.74 Å². The first-order valence-electron chi connectivity index (χ1n) is 5.66. The second-order valence-corrected chi connectivity index (χ2v) is 4.10. The molecule has 1 unspecified atom stereocenters. The van der Waals surface area contributed by atoms with Crippen LogP contribution in [0.3, 0.4) is 0 Å². The minimum absolute atomic E-state index is 0.732. The second kappa shape index (κ2) is 6.39. The number of nitrogens with zero attached hydrogens (tertiary/aromatic N) is 1. The van der Waals surface area contributed by atoms with E-state index in [4.69, 9.17) is 4.74 Å². The molecule has 0 amide bonds. The molecule has 0 saturated carbocycles. The standard InChI is InChI=1S/C11H23NO/c1-3-4-5-6-7-8-11(2)12-9-13-10-12/h11H,3-10H2,1-2H3. The van der Waals surface area contributed by atoms with Gasteiger partial charge in [-0.2, -0.15) is 0 Å². The van der Waals surface area contributed by atoms with Gasteiger partial charge in [0.15, 0.2) is 0 Å². The van der Waals surface area contributed by atoms with E-state index >= 15 is 0 Å². The Kier molecular flexibility index (Phi) is 5.40. The highest BCUT2D eigenvalue weighted by Crippen LogP contribution is 2.14. The van der Waals surface area contributed by atoms with Gasteiger partial charge in [-0.05, 0) is 13.3 Å². The Bertz CT molecular complexity index is 123. The van der Waals surface area contributed by atoms with Crippen LogP contribution in [0.1, 0.15) is 52.4 Å². The van der Waals surface area contributed by atoms with E-state index in [2.05, 4.69) is 18.7 Å². The molecule has 2 heteroatoms. The van der Waals surface area contributed by atoms with Gasteiger partial charge in [-0.1, -0.05) is 39.0 Å². The van der Waals surface area contributed by atoms with E-state index in [1.165, 1.54) is 38.5 Å². The van der Waals surface area contributed by atoms with E-state index in [0.717, 1.165) is 19.5 Å². The van der Waals surface area contributed by atoms with Crippen molar-refractivity contribution >= 4 is 0 Å². The summed E-state index contributed by atoms with van der Waals surface area (Å²) in [6, 6.07) is 0.732. The lowest BCUT2D eigenvalue weighted by atomic mass is 10.1. The van der Waals surface area contributed by atoms with Crippen LogP contribution in [0.4, 0.5) is 0 Å². The summed E-state index contributed by atoms with van der Waals surface area (Å²) < 4.78 is 5.13. The maximum Gasteiger partial charge on any atom is 0.103 e. The lowest BCUT2D eigenvalue weighted by Crippen LogP contribution is -2.45. The zero-order chi connectivity index (χ0) is 9.52. The molecule has 0 radical (unpaired) electrons. The Morgan fingerprint density at radius 3 is 2.38 bits per heavy atom. The predicted molar refractivity (Wildman–Crippen MR) is 55.5 cm³/mol. The van der Waals surface area contributed by atoms with Gasteiger partial charge in [0.05, 0.1) is 0 Å². The van der Waals surface area contributed by atoms with Crippen LogP contribution in [0.15, 0.2) is 0 Å². The van der Waals surface area contributed by atoms with Crippen molar-refractivity contribution in [3.63, 3.8) is 0 Å². The average molecular weight is 185 g/mol. The van der Waals surface area contributed by atoms with Crippen molar-refractivity contribution in [3.8, 4) is 0 Å². The molecule has 0 aromatic rings. The average Bonchev–Trinajstić information content (AvgIpc) is 2.01. The van der Waals surface area contributed by atoms with Crippen molar-refractivity contribution in [1.82, 2.24) is 4.90 Å². The van der Waals surface area contributed by atoms with E-state index in [1.807, 2.05) is 0 Å². The second-order valence-electron chi connectivity index (χ2n) is 4.10. The highest BCUT2D eigenvalue weighted by Gasteiger charge is 2.19. The zero-order valence-corrected chi connectivity index (χ0v) is 9.09. The van der Waals surface area contributed by atoms with Gasteiger partial charge in [0, 0.05) is 6.04 Å². The van der Waals surface area contributed by atoms with Crippen LogP contribution in [0, 0.1) is 0 Å². The summed E-state index contributed by atoms with van der Waals surface area (Å²) in [5, 5.41) is 0. The molecule has 0 N–H and O–H groups in total. The SMILES string of the molecule is CCCCCCCC(C)N1COC1. The number of unbranched alkanes of at least 4 members (excludes halogenated alkanes) is 4. The molecule has 1 heterocycles. The third-order valence-electron chi connectivity index (χ3n) is 2.86. The van der Waals surface area contributed by atoms with E-state index in [9.17, 15) is 0 Å². The zero-order valence-electron chi connectivity index (χ0n) is 9.09. The quantitative estimate of drug-likeness (QED) is 0.565. The monoisotopic (exact) mass is 185 g/mol. The number of rotatable bonds is 7. The normalized spacial score (nSPS) is 19.8. The van der Waals surface area contributed by atoms with E-state index < -0.39 is 0 Å². The minimum Gasteiger partial charge on any atom is -0.351 e. The summed E-state index contributed by atoms with van der Waals surface area (Å²) in [6.07, 6.45) is 8.30. The summed E-state index contributed by atoms with van der Waals surface area (Å²) in [5.41, 5.74) is 0. The summed E-state index contributed by atoms with van der Waals surface area (Å²) in [4.78, 5) is 2.39.